The van der Waals surface area contributed by atoms with Crippen molar-refractivity contribution in [3.8, 4) is 11.1 Å². The van der Waals surface area contributed by atoms with Gasteiger partial charge in [-0.25, -0.2) is 13.9 Å². The van der Waals surface area contributed by atoms with Gasteiger partial charge in [0.05, 0.1) is 0 Å². The van der Waals surface area contributed by atoms with Crippen LogP contribution in [0.3, 0.4) is 0 Å². The van der Waals surface area contributed by atoms with E-state index in [1.165, 1.54) is 16.6 Å². The molecule has 6 nitrogen and oxygen atoms in total. The van der Waals surface area contributed by atoms with Crippen molar-refractivity contribution < 1.29 is 14.3 Å². The molecule has 3 rings (SSSR count). The average Bonchev–Trinajstić information content (AvgIpc) is 2.83. The number of hydrogen-bond donors (Lipinski definition) is 2. The number of nitrogens with one attached hydrogen (secondary N) is 1. The number of aryl methyl sites for hydroxylation is 2. The smallest absolute Gasteiger partial charge is 0.303 e. The molecule has 0 aliphatic rings. The van der Waals surface area contributed by atoms with E-state index in [-0.39, 0.29) is 24.2 Å². The van der Waals surface area contributed by atoms with Crippen molar-refractivity contribution in [3.05, 3.63) is 57.4 Å². The molecule has 0 unspecified atom stereocenters. The van der Waals surface area contributed by atoms with E-state index in [2.05, 4.69) is 10.1 Å². The highest BCUT2D eigenvalue weighted by molar-refractivity contribution is 5.80. The zero-order chi connectivity index (χ0) is 17.4. The van der Waals surface area contributed by atoms with Crippen LogP contribution in [0.25, 0.3) is 16.8 Å². The van der Waals surface area contributed by atoms with E-state index in [0.29, 0.717) is 33.7 Å². The number of hydrogen-bond acceptors (Lipinski definition) is 3. The number of fused-ring (bicyclic) bond motifs is 1. The number of halogens is 1. The molecule has 0 amide bonds. The number of nitrogens with zero attached hydrogens (tertiary/aromatic N) is 2. The van der Waals surface area contributed by atoms with Crippen LogP contribution in [0.15, 0.2) is 29.1 Å². The molecule has 7 heteroatoms. The fourth-order valence-corrected chi connectivity index (χ4v) is 2.83. The first-order chi connectivity index (χ1) is 11.4. The Labute approximate surface area is 136 Å². The van der Waals surface area contributed by atoms with Crippen LogP contribution in [-0.4, -0.2) is 25.7 Å². The molecule has 0 atom stereocenters. The summed E-state index contributed by atoms with van der Waals surface area (Å²) in [7, 11) is 0. The summed E-state index contributed by atoms with van der Waals surface area (Å²) in [6.07, 6.45) is -0.0242. The number of carbonyl (C=O) groups is 1. The number of aliphatic carboxylic acids is 1. The molecule has 124 valence electrons. The van der Waals surface area contributed by atoms with Crippen molar-refractivity contribution in [2.45, 2.75) is 26.7 Å². The summed E-state index contributed by atoms with van der Waals surface area (Å²) >= 11 is 0. The largest absolute Gasteiger partial charge is 0.481 e. The molecule has 1 aromatic carbocycles. The topological polar surface area (TPSA) is 87.5 Å². The Bertz CT molecular complexity index is 1000. The zero-order valence-electron chi connectivity index (χ0n) is 13.3. The average molecular weight is 329 g/mol. The molecule has 0 fully saturated rings. The molecule has 2 aromatic heterocycles. The monoisotopic (exact) mass is 329 g/mol. The molecule has 0 bridgehead atoms. The standard InChI is InChI=1S/C17H16FN3O3/c1-9-13(6-7-14(22)23)17(24)21-16(19-9)15(10(2)20-21)11-4-3-5-12(18)8-11/h3-5,8,20H,6-7H2,1-2H3,(H,22,23). The molecule has 2 N–H and O–H groups in total. The summed E-state index contributed by atoms with van der Waals surface area (Å²) in [5.41, 5.74) is 2.87. The van der Waals surface area contributed by atoms with Gasteiger partial charge in [0.25, 0.3) is 5.56 Å². The summed E-state index contributed by atoms with van der Waals surface area (Å²) in [4.78, 5) is 27.9. The maximum Gasteiger partial charge on any atom is 0.303 e. The van der Waals surface area contributed by atoms with E-state index < -0.39 is 5.97 Å². The van der Waals surface area contributed by atoms with Crippen LogP contribution in [0.5, 0.6) is 0 Å². The quantitative estimate of drug-likeness (QED) is 0.770. The van der Waals surface area contributed by atoms with Crippen molar-refractivity contribution in [1.82, 2.24) is 14.6 Å². The molecule has 0 aliphatic heterocycles. The molecule has 0 saturated carbocycles. The fourth-order valence-electron chi connectivity index (χ4n) is 2.83. The van der Waals surface area contributed by atoms with Crippen molar-refractivity contribution in [2.75, 3.05) is 0 Å². The second kappa shape index (κ2) is 5.92. The van der Waals surface area contributed by atoms with Crippen molar-refractivity contribution in [2.24, 2.45) is 0 Å². The molecular formula is C17H16FN3O3. The predicted molar refractivity (Wildman–Crippen MR) is 86.6 cm³/mol. The SMILES string of the molecule is Cc1nc2c(-c3cccc(F)c3)c(C)[nH]n2c(=O)c1CCC(=O)O. The van der Waals surface area contributed by atoms with Crippen molar-refractivity contribution in [3.63, 3.8) is 0 Å². The van der Waals surface area contributed by atoms with Crippen LogP contribution in [-0.2, 0) is 11.2 Å². The van der Waals surface area contributed by atoms with E-state index in [1.807, 2.05) is 0 Å². The Morgan fingerprint density at radius 2 is 2.12 bits per heavy atom. The Kier molecular flexibility index (Phi) is 3.92. The maximum atomic E-state index is 13.5. The van der Waals surface area contributed by atoms with E-state index >= 15 is 0 Å². The highest BCUT2D eigenvalue weighted by Crippen LogP contribution is 2.27. The van der Waals surface area contributed by atoms with Crippen LogP contribution in [0, 0.1) is 19.7 Å². The normalized spacial score (nSPS) is 11.1. The second-order valence-electron chi connectivity index (χ2n) is 5.66. The summed E-state index contributed by atoms with van der Waals surface area (Å²) in [5.74, 6) is -1.34. The number of aromatic nitrogens is 3. The van der Waals surface area contributed by atoms with Gasteiger partial charge in [-0.3, -0.25) is 14.7 Å². The third-order valence-electron chi connectivity index (χ3n) is 3.96. The van der Waals surface area contributed by atoms with Gasteiger partial charge in [0, 0.05) is 28.9 Å². The van der Waals surface area contributed by atoms with Crippen LogP contribution in [0.1, 0.15) is 23.4 Å². The van der Waals surface area contributed by atoms with Crippen molar-refractivity contribution in [1.29, 1.82) is 0 Å². The first-order valence-corrected chi connectivity index (χ1v) is 7.47. The molecule has 0 radical (unpaired) electrons. The van der Waals surface area contributed by atoms with Gasteiger partial charge in [0.2, 0.25) is 0 Å². The molecule has 0 saturated heterocycles. The first-order valence-electron chi connectivity index (χ1n) is 7.47. The van der Waals surface area contributed by atoms with Gasteiger partial charge in [0.1, 0.15) is 5.82 Å². The number of carboxylic acids is 1. The molecule has 0 spiro atoms. The zero-order valence-corrected chi connectivity index (χ0v) is 13.3. The predicted octanol–water partition coefficient (Wildman–Crippen LogP) is 2.46. The lowest BCUT2D eigenvalue weighted by Crippen LogP contribution is -2.22. The van der Waals surface area contributed by atoms with E-state index in [0.717, 1.165) is 0 Å². The van der Waals surface area contributed by atoms with Crippen LogP contribution in [0.4, 0.5) is 4.39 Å². The van der Waals surface area contributed by atoms with Gasteiger partial charge in [-0.05, 0) is 38.0 Å². The van der Waals surface area contributed by atoms with Crippen LogP contribution in [0.2, 0.25) is 0 Å². The summed E-state index contributed by atoms with van der Waals surface area (Å²) < 4.78 is 14.8. The Morgan fingerprint density at radius 1 is 1.38 bits per heavy atom. The minimum atomic E-state index is -0.970. The summed E-state index contributed by atoms with van der Waals surface area (Å²) in [6.45, 7) is 3.46. The minimum Gasteiger partial charge on any atom is -0.481 e. The van der Waals surface area contributed by atoms with E-state index in [1.54, 1.807) is 26.0 Å². The van der Waals surface area contributed by atoms with Crippen molar-refractivity contribution >= 4 is 11.6 Å². The van der Waals surface area contributed by atoms with E-state index in [9.17, 15) is 14.0 Å². The summed E-state index contributed by atoms with van der Waals surface area (Å²) in [5, 5.41) is 11.8. The Balaban J connectivity index is 2.23. The number of rotatable bonds is 4. The lowest BCUT2D eigenvalue weighted by molar-refractivity contribution is -0.136. The van der Waals surface area contributed by atoms with Gasteiger partial charge in [-0.1, -0.05) is 12.1 Å². The molecule has 2 heterocycles. The van der Waals surface area contributed by atoms with Crippen LogP contribution < -0.4 is 5.56 Å². The van der Waals surface area contributed by atoms with Gasteiger partial charge in [-0.2, -0.15) is 0 Å². The molecule has 24 heavy (non-hydrogen) atoms. The number of carboxylic acid groups (broad SMARTS) is 1. The fraction of sp³-hybridized carbons (Fsp3) is 0.235. The van der Waals surface area contributed by atoms with Gasteiger partial charge in [0.15, 0.2) is 5.65 Å². The first kappa shape index (κ1) is 15.9. The number of aromatic amines is 1. The number of benzene rings is 1. The minimum absolute atomic E-state index is 0.114. The molecule has 0 aliphatic carbocycles. The Morgan fingerprint density at radius 3 is 2.79 bits per heavy atom. The highest BCUT2D eigenvalue weighted by atomic mass is 19.1. The highest BCUT2D eigenvalue weighted by Gasteiger charge is 2.18. The van der Waals surface area contributed by atoms with E-state index in [4.69, 9.17) is 5.11 Å². The maximum absolute atomic E-state index is 13.5. The second-order valence-corrected chi connectivity index (χ2v) is 5.66. The lowest BCUT2D eigenvalue weighted by atomic mass is 10.1. The molecular weight excluding hydrogens is 313 g/mol. The lowest BCUT2D eigenvalue weighted by Gasteiger charge is -2.05. The van der Waals surface area contributed by atoms with Crippen LogP contribution >= 0.6 is 0 Å². The van der Waals surface area contributed by atoms with Gasteiger partial charge in [-0.15, -0.1) is 0 Å². The third kappa shape index (κ3) is 2.68. The molecule has 3 aromatic rings. The summed E-state index contributed by atoms with van der Waals surface area (Å²) in [6, 6.07) is 6.08. The third-order valence-corrected chi connectivity index (χ3v) is 3.96. The number of H-pyrrole nitrogens is 1. The van der Waals surface area contributed by atoms with Gasteiger partial charge < -0.3 is 5.11 Å². The van der Waals surface area contributed by atoms with Gasteiger partial charge >= 0.3 is 5.97 Å². The Hall–Kier alpha value is -2.96.